The van der Waals surface area contributed by atoms with Gasteiger partial charge in [0.05, 0.1) is 0 Å². The SMILES string of the molecule is C=C=S(=C)(c1cc(F)ccc1C)N1CCC(CN/C(=C/C(=C)c2ccccc2C)N(C)/C(C)=C(/C)C=C)CC1. The van der Waals surface area contributed by atoms with Gasteiger partial charge in [-0.2, -0.15) is 0 Å². The van der Waals surface area contributed by atoms with Crippen molar-refractivity contribution < 1.29 is 4.39 Å². The molecule has 1 fully saturated rings. The van der Waals surface area contributed by atoms with E-state index in [1.165, 1.54) is 11.6 Å². The summed E-state index contributed by atoms with van der Waals surface area (Å²) < 4.78 is 16.5. The number of benzene rings is 2. The van der Waals surface area contributed by atoms with E-state index in [2.05, 4.69) is 103 Å². The second-order valence-electron chi connectivity index (χ2n) is 10.4. The Bertz CT molecular complexity index is 1430. The molecule has 0 radical (unpaired) electrons. The van der Waals surface area contributed by atoms with Crippen molar-refractivity contribution in [2.24, 2.45) is 5.92 Å². The Balaban J connectivity index is 1.77. The molecule has 0 aliphatic carbocycles. The van der Waals surface area contributed by atoms with Crippen LogP contribution in [0.5, 0.6) is 0 Å². The van der Waals surface area contributed by atoms with Crippen LogP contribution in [0.15, 0.2) is 96.3 Å². The van der Waals surface area contributed by atoms with Gasteiger partial charge >= 0.3 is 0 Å². The van der Waals surface area contributed by atoms with Gasteiger partial charge in [-0.05, 0) is 99.1 Å². The number of rotatable bonds is 10. The Morgan fingerprint density at radius 3 is 2.44 bits per heavy atom. The topological polar surface area (TPSA) is 18.5 Å². The molecule has 1 heterocycles. The van der Waals surface area contributed by atoms with Crippen LogP contribution in [0.2, 0.25) is 0 Å². The van der Waals surface area contributed by atoms with Crippen molar-refractivity contribution in [2.75, 3.05) is 26.7 Å². The van der Waals surface area contributed by atoms with E-state index in [1.807, 2.05) is 19.1 Å². The van der Waals surface area contributed by atoms with E-state index in [-0.39, 0.29) is 5.82 Å². The summed E-state index contributed by atoms with van der Waals surface area (Å²) in [5.74, 6) is 5.80. The van der Waals surface area contributed by atoms with Crippen LogP contribution in [-0.2, 0) is 0 Å². The lowest BCUT2D eigenvalue weighted by molar-refractivity contribution is 0.281. The Hall–Kier alpha value is -3.24. The van der Waals surface area contributed by atoms with Crippen LogP contribution in [0.3, 0.4) is 0 Å². The molecular formula is C34H44FN3S. The highest BCUT2D eigenvalue weighted by Gasteiger charge is 2.25. The summed E-state index contributed by atoms with van der Waals surface area (Å²) in [5, 5.41) is 6.95. The molecule has 2 aromatic rings. The zero-order valence-corrected chi connectivity index (χ0v) is 25.1. The third kappa shape index (κ3) is 7.05. The summed E-state index contributed by atoms with van der Waals surface area (Å²) in [7, 11) is 0.242. The summed E-state index contributed by atoms with van der Waals surface area (Å²) in [6.07, 6.45) is 6.06. The zero-order chi connectivity index (χ0) is 28.7. The molecule has 0 amide bonds. The van der Waals surface area contributed by atoms with Crippen molar-refractivity contribution in [1.29, 1.82) is 0 Å². The van der Waals surface area contributed by atoms with Crippen LogP contribution in [0.1, 0.15) is 43.4 Å². The Labute approximate surface area is 236 Å². The molecule has 0 saturated carbocycles. The normalized spacial score (nSPS) is 17.0. The van der Waals surface area contributed by atoms with Crippen molar-refractivity contribution in [2.45, 2.75) is 45.4 Å². The smallest absolute Gasteiger partial charge is 0.124 e. The highest BCUT2D eigenvalue weighted by Crippen LogP contribution is 2.41. The average molecular weight is 546 g/mol. The fraction of sp³-hybridized carbons (Fsp3) is 0.324. The summed E-state index contributed by atoms with van der Waals surface area (Å²) >= 11 is 0. The monoisotopic (exact) mass is 545 g/mol. The van der Waals surface area contributed by atoms with Crippen molar-refractivity contribution in [3.8, 4) is 0 Å². The maximum absolute atomic E-state index is 14.1. The molecule has 1 atom stereocenters. The largest absolute Gasteiger partial charge is 0.371 e. The number of allylic oxidation sites excluding steroid dienone is 5. The molecule has 39 heavy (non-hydrogen) atoms. The van der Waals surface area contributed by atoms with Crippen LogP contribution in [0.4, 0.5) is 4.39 Å². The number of halogens is 1. The number of nitrogens with one attached hydrogen (secondary N) is 1. The maximum atomic E-state index is 14.1. The fourth-order valence-electron chi connectivity index (χ4n) is 4.96. The van der Waals surface area contributed by atoms with Gasteiger partial charge in [-0.25, -0.2) is 4.39 Å². The molecule has 1 unspecified atom stereocenters. The highest BCUT2D eigenvalue weighted by atomic mass is 32.2. The number of hydrogen-bond donors (Lipinski definition) is 1. The minimum absolute atomic E-state index is 0.239. The molecule has 3 rings (SSSR count). The minimum Gasteiger partial charge on any atom is -0.371 e. The van der Waals surface area contributed by atoms with E-state index in [0.717, 1.165) is 71.2 Å². The van der Waals surface area contributed by atoms with E-state index >= 15 is 0 Å². The molecule has 1 saturated heterocycles. The van der Waals surface area contributed by atoms with Crippen molar-refractivity contribution >= 4 is 25.9 Å². The standard InChI is InChI=1S/C34H44FN3S/c1-10-25(3)29(7)37(8)34(22-28(6)32-15-13-12-14-26(32)4)36-24-30-18-20-38(21-19-30)39(9,11-2)33-23-31(35)17-16-27(33)5/h10,12-17,22-23,30,36H,1-2,6,9,18-21,24H2,3-5,7-8H3/b29-25-,34-22-. The minimum atomic E-state index is -1.84. The first-order chi connectivity index (χ1) is 18.5. The summed E-state index contributed by atoms with van der Waals surface area (Å²) in [5.41, 5.74) is 6.61. The summed E-state index contributed by atoms with van der Waals surface area (Å²) in [6.45, 7) is 23.2. The van der Waals surface area contributed by atoms with E-state index in [9.17, 15) is 4.39 Å². The average Bonchev–Trinajstić information content (AvgIpc) is 2.95. The third-order valence-electron chi connectivity index (χ3n) is 7.88. The molecule has 0 aromatic heterocycles. The van der Waals surface area contributed by atoms with Gasteiger partial charge in [0.1, 0.15) is 11.6 Å². The van der Waals surface area contributed by atoms with Gasteiger partial charge in [0, 0.05) is 37.3 Å². The molecular weight excluding hydrogens is 501 g/mol. The summed E-state index contributed by atoms with van der Waals surface area (Å²) in [6, 6.07) is 13.3. The predicted octanol–water partition coefficient (Wildman–Crippen LogP) is 7.81. The van der Waals surface area contributed by atoms with Crippen LogP contribution in [0.25, 0.3) is 5.57 Å². The second kappa shape index (κ2) is 13.2. The maximum Gasteiger partial charge on any atom is 0.124 e. The van der Waals surface area contributed by atoms with Crippen LogP contribution < -0.4 is 5.32 Å². The predicted molar refractivity (Wildman–Crippen MR) is 172 cm³/mol. The molecule has 5 heteroatoms. The van der Waals surface area contributed by atoms with Crippen LogP contribution >= 0.6 is 9.39 Å². The summed E-state index contributed by atoms with van der Waals surface area (Å²) in [4.78, 5) is 3.09. The first-order valence-electron chi connectivity index (χ1n) is 13.5. The number of nitrogens with zero attached hydrogens (tertiary/aromatic N) is 2. The van der Waals surface area contributed by atoms with Gasteiger partial charge < -0.3 is 10.2 Å². The van der Waals surface area contributed by atoms with Crippen LogP contribution in [-0.4, -0.2) is 46.8 Å². The van der Waals surface area contributed by atoms with Gasteiger partial charge in [0.2, 0.25) is 0 Å². The Kier molecular flexibility index (Phi) is 10.3. The van der Waals surface area contributed by atoms with Gasteiger partial charge in [-0.15, -0.1) is 0 Å². The van der Waals surface area contributed by atoms with Crippen molar-refractivity contribution in [1.82, 2.24) is 14.5 Å². The van der Waals surface area contributed by atoms with Gasteiger partial charge in [0.15, 0.2) is 0 Å². The number of hydrogen-bond acceptors (Lipinski definition) is 3. The first-order valence-corrected chi connectivity index (χ1v) is 15.2. The molecule has 1 aliphatic rings. The lowest BCUT2D eigenvalue weighted by Crippen LogP contribution is -2.37. The van der Waals surface area contributed by atoms with E-state index in [4.69, 9.17) is 0 Å². The molecule has 3 nitrogen and oxygen atoms in total. The number of piperidine rings is 1. The highest BCUT2D eigenvalue weighted by molar-refractivity contribution is 8.26. The number of aryl methyl sites for hydroxylation is 2. The first kappa shape index (κ1) is 30.3. The van der Waals surface area contributed by atoms with E-state index in [0.29, 0.717) is 5.92 Å². The Morgan fingerprint density at radius 1 is 1.15 bits per heavy atom. The van der Waals surface area contributed by atoms with E-state index < -0.39 is 9.39 Å². The fourth-order valence-corrected chi connectivity index (χ4v) is 7.31. The molecule has 0 bridgehead atoms. The van der Waals surface area contributed by atoms with Crippen molar-refractivity contribution in [3.63, 3.8) is 0 Å². The molecule has 2 aromatic carbocycles. The van der Waals surface area contributed by atoms with Crippen molar-refractivity contribution in [3.05, 3.63) is 114 Å². The lowest BCUT2D eigenvalue weighted by atomic mass is 9.98. The second-order valence-corrected chi connectivity index (χ2v) is 13.1. The third-order valence-corrected chi connectivity index (χ3v) is 10.8. The molecule has 1 aliphatic heterocycles. The van der Waals surface area contributed by atoms with Gasteiger partial charge in [0.25, 0.3) is 0 Å². The van der Waals surface area contributed by atoms with E-state index in [1.54, 1.807) is 6.07 Å². The Morgan fingerprint density at radius 2 is 1.82 bits per heavy atom. The van der Waals surface area contributed by atoms with Crippen LogP contribution in [0, 0.1) is 25.6 Å². The molecule has 208 valence electrons. The lowest BCUT2D eigenvalue weighted by Gasteiger charge is -2.38. The van der Waals surface area contributed by atoms with Gasteiger partial charge in [-0.3, -0.25) is 4.31 Å². The van der Waals surface area contributed by atoms with Gasteiger partial charge in [-0.1, -0.05) is 69.9 Å². The quantitative estimate of drug-likeness (QED) is 0.243. The molecule has 0 spiro atoms. The zero-order valence-electron chi connectivity index (χ0n) is 24.3. The molecule has 1 N–H and O–H groups in total.